The molecule has 6 heteroatoms. The smallest absolute Gasteiger partial charge is 0.262 e. The molecule has 0 aliphatic heterocycles. The molecule has 0 unspecified atom stereocenters. The maximum atomic E-state index is 12.8. The highest BCUT2D eigenvalue weighted by atomic mass is 32.1. The van der Waals surface area contributed by atoms with Crippen molar-refractivity contribution < 1.29 is 0 Å². The number of aromatic nitrogens is 4. The van der Waals surface area contributed by atoms with Gasteiger partial charge < -0.3 is 4.57 Å². The first-order chi connectivity index (χ1) is 11.1. The van der Waals surface area contributed by atoms with E-state index in [2.05, 4.69) is 9.97 Å². The fraction of sp³-hybridized carbons (Fsp3) is 0.235. The normalized spacial score (nSPS) is 11.6. The Bertz CT molecular complexity index is 1100. The van der Waals surface area contributed by atoms with Crippen LogP contribution < -0.4 is 5.56 Å². The molecule has 0 atom stereocenters. The lowest BCUT2D eigenvalue weighted by molar-refractivity contribution is 0.680. The van der Waals surface area contributed by atoms with E-state index in [0.717, 1.165) is 37.5 Å². The lowest BCUT2D eigenvalue weighted by Crippen LogP contribution is -2.22. The number of rotatable bonds is 2. The van der Waals surface area contributed by atoms with Crippen LogP contribution in [0.5, 0.6) is 0 Å². The summed E-state index contributed by atoms with van der Waals surface area (Å²) in [4.78, 5) is 23.8. The number of imidazole rings is 1. The lowest BCUT2D eigenvalue weighted by atomic mass is 10.2. The fourth-order valence-corrected chi connectivity index (χ4v) is 3.86. The maximum Gasteiger partial charge on any atom is 0.262 e. The number of aryl methyl sites for hydroxylation is 3. The highest BCUT2D eigenvalue weighted by Crippen LogP contribution is 2.25. The first-order valence-electron chi connectivity index (χ1n) is 7.41. The molecule has 0 fully saturated rings. The van der Waals surface area contributed by atoms with Crippen molar-refractivity contribution >= 4 is 32.6 Å². The summed E-state index contributed by atoms with van der Waals surface area (Å²) in [6, 6.07) is 7.97. The number of nitrogens with zero attached hydrogens (tertiary/aromatic N) is 4. The quantitative estimate of drug-likeness (QED) is 0.569. The third-order valence-electron chi connectivity index (χ3n) is 4.35. The molecular weight excluding hydrogens is 308 g/mol. The second kappa shape index (κ2) is 5.03. The Kier molecular flexibility index (Phi) is 3.09. The van der Waals surface area contributed by atoms with Crippen molar-refractivity contribution in [3.63, 3.8) is 0 Å². The van der Waals surface area contributed by atoms with E-state index in [-0.39, 0.29) is 5.56 Å². The summed E-state index contributed by atoms with van der Waals surface area (Å²) in [6.07, 6.45) is 1.62. The highest BCUT2D eigenvalue weighted by molar-refractivity contribution is 7.18. The Hall–Kier alpha value is -2.47. The summed E-state index contributed by atoms with van der Waals surface area (Å²) in [6.45, 7) is 4.43. The molecule has 5 nitrogen and oxygen atoms in total. The van der Waals surface area contributed by atoms with Gasteiger partial charge in [-0.3, -0.25) is 9.36 Å². The van der Waals surface area contributed by atoms with Crippen LogP contribution in [-0.2, 0) is 13.6 Å². The summed E-state index contributed by atoms with van der Waals surface area (Å²) in [7, 11) is 1.97. The van der Waals surface area contributed by atoms with Gasteiger partial charge in [0.25, 0.3) is 5.56 Å². The summed E-state index contributed by atoms with van der Waals surface area (Å²) in [5.74, 6) is 0.846. The van der Waals surface area contributed by atoms with Crippen LogP contribution in [0.4, 0.5) is 0 Å². The Morgan fingerprint density at radius 1 is 1.22 bits per heavy atom. The second-order valence-electron chi connectivity index (χ2n) is 5.72. The van der Waals surface area contributed by atoms with Crippen molar-refractivity contribution in [3.8, 4) is 0 Å². The van der Waals surface area contributed by atoms with E-state index in [9.17, 15) is 4.79 Å². The first kappa shape index (κ1) is 14.1. The Morgan fingerprint density at radius 2 is 2.00 bits per heavy atom. The van der Waals surface area contributed by atoms with Crippen LogP contribution >= 0.6 is 11.3 Å². The van der Waals surface area contributed by atoms with Gasteiger partial charge in [-0.05, 0) is 31.5 Å². The topological polar surface area (TPSA) is 52.7 Å². The SMILES string of the molecule is Cc1sc2ncn(Cc3nc4ccccc4n3C)c(=O)c2c1C. The molecule has 0 bridgehead atoms. The highest BCUT2D eigenvalue weighted by Gasteiger charge is 2.14. The van der Waals surface area contributed by atoms with Gasteiger partial charge in [0.1, 0.15) is 10.7 Å². The van der Waals surface area contributed by atoms with Crippen LogP contribution in [0, 0.1) is 13.8 Å². The number of hydrogen-bond acceptors (Lipinski definition) is 4. The van der Waals surface area contributed by atoms with Gasteiger partial charge in [0.2, 0.25) is 0 Å². The van der Waals surface area contributed by atoms with Crippen LogP contribution in [0.25, 0.3) is 21.3 Å². The van der Waals surface area contributed by atoms with Crippen molar-refractivity contribution in [2.75, 3.05) is 0 Å². The molecule has 0 aliphatic carbocycles. The van der Waals surface area contributed by atoms with Crippen molar-refractivity contribution in [3.05, 3.63) is 57.2 Å². The van der Waals surface area contributed by atoms with E-state index in [1.165, 1.54) is 0 Å². The third-order valence-corrected chi connectivity index (χ3v) is 5.46. The zero-order valence-electron chi connectivity index (χ0n) is 13.2. The van der Waals surface area contributed by atoms with E-state index in [1.807, 2.05) is 49.7 Å². The van der Waals surface area contributed by atoms with Crippen molar-refractivity contribution in [1.29, 1.82) is 0 Å². The zero-order valence-corrected chi connectivity index (χ0v) is 14.0. The molecule has 4 rings (SSSR count). The first-order valence-corrected chi connectivity index (χ1v) is 8.23. The average molecular weight is 324 g/mol. The molecule has 0 saturated carbocycles. The van der Waals surface area contributed by atoms with Gasteiger partial charge in [-0.2, -0.15) is 0 Å². The molecular formula is C17H16N4OS. The van der Waals surface area contributed by atoms with E-state index < -0.39 is 0 Å². The summed E-state index contributed by atoms with van der Waals surface area (Å²) in [5, 5.41) is 0.730. The monoisotopic (exact) mass is 324 g/mol. The van der Waals surface area contributed by atoms with Crippen molar-refractivity contribution in [2.45, 2.75) is 20.4 Å². The average Bonchev–Trinajstić information content (AvgIpc) is 3.01. The molecule has 1 aromatic carbocycles. The van der Waals surface area contributed by atoms with Gasteiger partial charge in [-0.1, -0.05) is 12.1 Å². The number of thiophene rings is 1. The van der Waals surface area contributed by atoms with E-state index in [1.54, 1.807) is 22.2 Å². The van der Waals surface area contributed by atoms with Crippen molar-refractivity contribution in [1.82, 2.24) is 19.1 Å². The Labute approximate surface area is 136 Å². The molecule has 0 aliphatic rings. The number of para-hydroxylation sites is 2. The minimum atomic E-state index is 0.00362. The molecule has 23 heavy (non-hydrogen) atoms. The van der Waals surface area contributed by atoms with Crippen LogP contribution in [0.2, 0.25) is 0 Å². The molecule has 116 valence electrons. The largest absolute Gasteiger partial charge is 0.330 e. The van der Waals surface area contributed by atoms with Crippen LogP contribution in [0.3, 0.4) is 0 Å². The molecule has 0 radical (unpaired) electrons. The standard InChI is InChI=1S/C17H16N4OS/c1-10-11(2)23-16-15(10)17(22)21(9-18-16)8-14-19-12-6-4-5-7-13(12)20(14)3/h4-7,9H,8H2,1-3H3. The minimum absolute atomic E-state index is 0.00362. The molecule has 3 heterocycles. The molecule has 0 spiro atoms. The summed E-state index contributed by atoms with van der Waals surface area (Å²) < 4.78 is 3.67. The molecule has 3 aromatic heterocycles. The van der Waals surface area contributed by atoms with Crippen LogP contribution in [0.15, 0.2) is 35.4 Å². The molecule has 0 N–H and O–H groups in total. The molecule has 0 amide bonds. The van der Waals surface area contributed by atoms with E-state index in [0.29, 0.717) is 6.54 Å². The van der Waals surface area contributed by atoms with Gasteiger partial charge in [0, 0.05) is 11.9 Å². The molecule has 0 saturated heterocycles. The molecule has 4 aromatic rings. The Morgan fingerprint density at radius 3 is 2.78 bits per heavy atom. The second-order valence-corrected chi connectivity index (χ2v) is 6.92. The van der Waals surface area contributed by atoms with Gasteiger partial charge in [-0.15, -0.1) is 11.3 Å². The predicted octanol–water partition coefficient (Wildman–Crippen LogP) is 3.01. The fourth-order valence-electron chi connectivity index (χ4n) is 2.87. The number of fused-ring (bicyclic) bond motifs is 2. The van der Waals surface area contributed by atoms with Crippen LogP contribution in [-0.4, -0.2) is 19.1 Å². The van der Waals surface area contributed by atoms with Gasteiger partial charge in [0.05, 0.1) is 29.3 Å². The zero-order chi connectivity index (χ0) is 16.1. The Balaban J connectivity index is 1.86. The minimum Gasteiger partial charge on any atom is -0.330 e. The van der Waals surface area contributed by atoms with Crippen molar-refractivity contribution in [2.24, 2.45) is 7.05 Å². The third kappa shape index (κ3) is 2.09. The van der Waals surface area contributed by atoms with Gasteiger partial charge in [-0.25, -0.2) is 9.97 Å². The number of benzene rings is 1. The van der Waals surface area contributed by atoms with E-state index in [4.69, 9.17) is 0 Å². The van der Waals surface area contributed by atoms with Gasteiger partial charge >= 0.3 is 0 Å². The predicted molar refractivity (Wildman–Crippen MR) is 93.2 cm³/mol. The van der Waals surface area contributed by atoms with E-state index >= 15 is 0 Å². The lowest BCUT2D eigenvalue weighted by Gasteiger charge is -2.06. The van der Waals surface area contributed by atoms with Crippen LogP contribution in [0.1, 0.15) is 16.3 Å². The maximum absolute atomic E-state index is 12.8. The summed E-state index contributed by atoms with van der Waals surface area (Å²) >= 11 is 1.57. The van der Waals surface area contributed by atoms with Gasteiger partial charge in [0.15, 0.2) is 0 Å². The summed E-state index contributed by atoms with van der Waals surface area (Å²) in [5.41, 5.74) is 3.03. The number of hydrogen-bond donors (Lipinski definition) is 0.